The van der Waals surface area contributed by atoms with Gasteiger partial charge in [0.05, 0.1) is 24.7 Å². The predicted molar refractivity (Wildman–Crippen MR) is 59.3 cm³/mol. The molecule has 0 amide bonds. The van der Waals surface area contributed by atoms with E-state index in [1.165, 1.54) is 0 Å². The maximum absolute atomic E-state index is 11.0. The van der Waals surface area contributed by atoms with E-state index in [-0.39, 0.29) is 12.6 Å². The van der Waals surface area contributed by atoms with Gasteiger partial charge in [-0.05, 0) is 20.4 Å². The van der Waals surface area contributed by atoms with Gasteiger partial charge in [-0.2, -0.15) is 0 Å². The van der Waals surface area contributed by atoms with E-state index in [4.69, 9.17) is 9.84 Å². The van der Waals surface area contributed by atoms with Gasteiger partial charge in [0.2, 0.25) is 0 Å². The van der Waals surface area contributed by atoms with Crippen molar-refractivity contribution in [2.24, 2.45) is 5.92 Å². The third kappa shape index (κ3) is 3.43. The van der Waals surface area contributed by atoms with Crippen molar-refractivity contribution >= 4 is 5.97 Å². The topological polar surface area (TPSA) is 70.0 Å². The summed E-state index contributed by atoms with van der Waals surface area (Å²) in [6, 6.07) is -0.131. The molecule has 0 aromatic carbocycles. The normalized spacial score (nSPS) is 26.3. The lowest BCUT2D eigenvalue weighted by atomic mass is 10.00. The van der Waals surface area contributed by atoms with Crippen LogP contribution in [0.4, 0.5) is 0 Å². The Balaban J connectivity index is 2.68. The molecule has 2 atom stereocenters. The molecule has 0 bridgehead atoms. The van der Waals surface area contributed by atoms with E-state index in [1.54, 1.807) is 13.8 Å². The van der Waals surface area contributed by atoms with Gasteiger partial charge in [0.15, 0.2) is 0 Å². The molecule has 1 aliphatic heterocycles. The van der Waals surface area contributed by atoms with Crippen LogP contribution in [0.1, 0.15) is 20.8 Å². The predicted octanol–water partition coefficient (Wildman–Crippen LogP) is 0.179. The van der Waals surface area contributed by atoms with Crippen LogP contribution in [-0.2, 0) is 9.53 Å². The van der Waals surface area contributed by atoms with Crippen molar-refractivity contribution in [3.8, 4) is 0 Å². The monoisotopic (exact) mass is 231 g/mol. The Kier molecular flexibility index (Phi) is 4.29. The van der Waals surface area contributed by atoms with E-state index in [0.29, 0.717) is 19.7 Å². The summed E-state index contributed by atoms with van der Waals surface area (Å²) in [7, 11) is 0. The first-order valence-electron chi connectivity index (χ1n) is 5.62. The number of likely N-dealkylation sites (N-methyl/N-ethyl adjacent to an activating group) is 1. The summed E-state index contributed by atoms with van der Waals surface area (Å²) in [6.45, 7) is 7.28. The fourth-order valence-electron chi connectivity index (χ4n) is 2.10. The first-order valence-corrected chi connectivity index (χ1v) is 5.62. The zero-order valence-electron chi connectivity index (χ0n) is 10.1. The van der Waals surface area contributed by atoms with Gasteiger partial charge in [-0.3, -0.25) is 9.69 Å². The molecule has 0 aromatic heterocycles. The van der Waals surface area contributed by atoms with E-state index in [1.807, 2.05) is 11.8 Å². The third-order valence-corrected chi connectivity index (χ3v) is 2.83. The molecule has 1 saturated heterocycles. The Morgan fingerprint density at radius 2 is 2.12 bits per heavy atom. The highest BCUT2D eigenvalue weighted by Crippen LogP contribution is 2.21. The fourth-order valence-corrected chi connectivity index (χ4v) is 2.10. The van der Waals surface area contributed by atoms with Crippen LogP contribution < -0.4 is 0 Å². The van der Waals surface area contributed by atoms with Crippen LogP contribution in [-0.4, -0.2) is 59.0 Å². The zero-order chi connectivity index (χ0) is 12.3. The second-order valence-corrected chi connectivity index (χ2v) is 4.93. The average Bonchev–Trinajstić information content (AvgIpc) is 2.60. The minimum Gasteiger partial charge on any atom is -0.481 e. The number of rotatable bonds is 5. The molecule has 5 heteroatoms. The highest BCUT2D eigenvalue weighted by Gasteiger charge is 2.38. The van der Waals surface area contributed by atoms with Gasteiger partial charge < -0.3 is 14.9 Å². The summed E-state index contributed by atoms with van der Waals surface area (Å²) >= 11 is 0. The van der Waals surface area contributed by atoms with Gasteiger partial charge in [-0.15, -0.1) is 0 Å². The molecule has 0 spiro atoms. The van der Waals surface area contributed by atoms with Crippen LogP contribution in [0.2, 0.25) is 0 Å². The molecule has 1 aliphatic rings. The van der Waals surface area contributed by atoms with Gasteiger partial charge in [0.25, 0.3) is 0 Å². The minimum absolute atomic E-state index is 0.131. The van der Waals surface area contributed by atoms with Crippen molar-refractivity contribution in [1.29, 1.82) is 0 Å². The summed E-state index contributed by atoms with van der Waals surface area (Å²) in [5.41, 5.74) is -0.818. The lowest BCUT2D eigenvalue weighted by Gasteiger charge is -2.33. The molecule has 0 aromatic rings. The number of nitrogens with zero attached hydrogens (tertiary/aromatic N) is 1. The van der Waals surface area contributed by atoms with Crippen molar-refractivity contribution in [1.82, 2.24) is 4.90 Å². The molecule has 0 saturated carbocycles. The molecular formula is C11H21NO4. The van der Waals surface area contributed by atoms with E-state index in [9.17, 15) is 9.90 Å². The Morgan fingerprint density at radius 1 is 1.50 bits per heavy atom. The number of hydrogen-bond donors (Lipinski definition) is 2. The average molecular weight is 231 g/mol. The molecule has 1 fully saturated rings. The number of hydrogen-bond acceptors (Lipinski definition) is 4. The maximum atomic E-state index is 11.0. The highest BCUT2D eigenvalue weighted by molar-refractivity contribution is 5.71. The third-order valence-electron chi connectivity index (χ3n) is 2.83. The Hall–Kier alpha value is -0.650. The number of aliphatic hydroxyl groups is 1. The molecule has 1 rings (SSSR count). The standard InChI is InChI=1S/C11H21NO4/c1-4-12(7-11(2,3)15)9-6-16-5-8(9)10(13)14/h8-9,15H,4-7H2,1-3H3,(H,13,14). The number of ether oxygens (including phenoxy) is 1. The molecule has 16 heavy (non-hydrogen) atoms. The summed E-state index contributed by atoms with van der Waals surface area (Å²) in [5.74, 6) is -1.31. The Morgan fingerprint density at radius 3 is 2.56 bits per heavy atom. The quantitative estimate of drug-likeness (QED) is 0.706. The molecule has 5 nitrogen and oxygen atoms in total. The largest absolute Gasteiger partial charge is 0.481 e. The summed E-state index contributed by atoms with van der Waals surface area (Å²) in [6.07, 6.45) is 0. The molecule has 0 aliphatic carbocycles. The van der Waals surface area contributed by atoms with E-state index < -0.39 is 17.5 Å². The first-order chi connectivity index (χ1) is 7.35. The first kappa shape index (κ1) is 13.4. The van der Waals surface area contributed by atoms with Crippen LogP contribution in [0.3, 0.4) is 0 Å². The van der Waals surface area contributed by atoms with Gasteiger partial charge in [-0.25, -0.2) is 0 Å². The molecule has 2 N–H and O–H groups in total. The van der Waals surface area contributed by atoms with Gasteiger partial charge in [0, 0.05) is 12.6 Å². The van der Waals surface area contributed by atoms with Crippen LogP contribution >= 0.6 is 0 Å². The van der Waals surface area contributed by atoms with Crippen molar-refractivity contribution in [2.45, 2.75) is 32.4 Å². The maximum Gasteiger partial charge on any atom is 0.310 e. The summed E-state index contributed by atoms with van der Waals surface area (Å²) in [4.78, 5) is 13.0. The highest BCUT2D eigenvalue weighted by atomic mass is 16.5. The second kappa shape index (κ2) is 5.12. The summed E-state index contributed by atoms with van der Waals surface area (Å²) < 4.78 is 5.22. The van der Waals surface area contributed by atoms with Crippen LogP contribution in [0.5, 0.6) is 0 Å². The molecule has 1 heterocycles. The second-order valence-electron chi connectivity index (χ2n) is 4.93. The Bertz CT molecular complexity index is 249. The number of aliphatic carboxylic acids is 1. The lowest BCUT2D eigenvalue weighted by Crippen LogP contribution is -2.48. The molecular weight excluding hydrogens is 210 g/mol. The Labute approximate surface area is 96.0 Å². The zero-order valence-corrected chi connectivity index (χ0v) is 10.1. The van der Waals surface area contributed by atoms with E-state index in [0.717, 1.165) is 0 Å². The molecule has 94 valence electrons. The van der Waals surface area contributed by atoms with Gasteiger partial charge >= 0.3 is 5.97 Å². The number of carboxylic acids is 1. The van der Waals surface area contributed by atoms with Crippen LogP contribution in [0, 0.1) is 5.92 Å². The van der Waals surface area contributed by atoms with Gasteiger partial charge in [0.1, 0.15) is 0 Å². The molecule has 0 radical (unpaired) electrons. The number of carbonyl (C=O) groups is 1. The van der Waals surface area contributed by atoms with Crippen molar-refractivity contribution in [3.05, 3.63) is 0 Å². The van der Waals surface area contributed by atoms with Crippen molar-refractivity contribution in [3.63, 3.8) is 0 Å². The van der Waals surface area contributed by atoms with Crippen LogP contribution in [0.25, 0.3) is 0 Å². The fraction of sp³-hybridized carbons (Fsp3) is 0.909. The lowest BCUT2D eigenvalue weighted by molar-refractivity contribution is -0.143. The van der Waals surface area contributed by atoms with E-state index >= 15 is 0 Å². The SMILES string of the molecule is CCN(CC(C)(C)O)C1COCC1C(=O)O. The van der Waals surface area contributed by atoms with E-state index in [2.05, 4.69) is 0 Å². The van der Waals surface area contributed by atoms with Crippen molar-refractivity contribution in [2.75, 3.05) is 26.3 Å². The number of carboxylic acid groups (broad SMARTS) is 1. The van der Waals surface area contributed by atoms with Gasteiger partial charge in [-0.1, -0.05) is 6.92 Å². The molecule has 2 unspecified atom stereocenters. The minimum atomic E-state index is -0.823. The smallest absolute Gasteiger partial charge is 0.310 e. The van der Waals surface area contributed by atoms with Crippen molar-refractivity contribution < 1.29 is 19.7 Å². The van der Waals surface area contributed by atoms with Crippen LogP contribution in [0.15, 0.2) is 0 Å². The summed E-state index contributed by atoms with van der Waals surface area (Å²) in [5, 5.41) is 18.8.